The predicted octanol–water partition coefficient (Wildman–Crippen LogP) is -2.89. The summed E-state index contributed by atoms with van der Waals surface area (Å²) < 4.78 is 25.7. The Bertz CT molecular complexity index is 1560. The Hall–Kier alpha value is -3.68. The lowest BCUT2D eigenvalue weighted by Gasteiger charge is -2.29. The number of nitrogens with two attached hydrogens (primary N) is 2. The van der Waals surface area contributed by atoms with Gasteiger partial charge in [-0.1, -0.05) is 30.3 Å². The smallest absolute Gasteiger partial charge is 0.398 e. The van der Waals surface area contributed by atoms with Crippen molar-refractivity contribution in [3.05, 3.63) is 75.8 Å². The summed E-state index contributed by atoms with van der Waals surface area (Å²) in [6.07, 6.45) is -2.52. The highest BCUT2D eigenvalue weighted by atomic mass is 16.7. The van der Waals surface area contributed by atoms with E-state index in [9.17, 15) is 24.9 Å². The zero-order valence-electron chi connectivity index (χ0n) is 23.3. The van der Waals surface area contributed by atoms with E-state index in [1.807, 2.05) is 37.3 Å². The van der Waals surface area contributed by atoms with E-state index in [-0.39, 0.29) is 18.2 Å². The van der Waals surface area contributed by atoms with Gasteiger partial charge in [-0.25, -0.2) is 9.59 Å². The average Bonchev–Trinajstić information content (AvgIpc) is 3.54. The maximum atomic E-state index is 12.2. The fourth-order valence-electron chi connectivity index (χ4n) is 5.46. The van der Waals surface area contributed by atoms with Crippen molar-refractivity contribution in [2.45, 2.75) is 61.9 Å². The molecule has 0 radical (unpaired) electrons. The number of anilines is 2. The molecule has 3 aliphatic rings. The molecule has 230 valence electrons. The first-order valence-corrected chi connectivity index (χ1v) is 13.4. The van der Waals surface area contributed by atoms with Crippen molar-refractivity contribution >= 4 is 24.2 Å². The molecule has 8 N–H and O–H groups in total. The van der Waals surface area contributed by atoms with Gasteiger partial charge in [0.15, 0.2) is 12.5 Å². The molecule has 0 amide bonds. The Morgan fingerprint density at radius 3 is 1.93 bits per heavy atom. The molecule has 3 saturated heterocycles. The number of nitrogen functional groups attached to an aromatic ring is 2. The van der Waals surface area contributed by atoms with E-state index in [0.29, 0.717) is 0 Å². The topological polar surface area (TPSA) is 240 Å². The standard InChI is InChI=1S/C16H18BN3O5.C10H15N3O5/c1-16-13(24-17(25-16)10-5-3-2-4-6-10)11(9-21)23-14(16)20-8-7-12(18)19-15(20)22;1-10(17)7(15)5(4-14)18-8(10)13-3-2-6(11)12-9(13)16/h2-8,11,13-14,21H,9H2,1H3,(H2,18,19,22);2-3,5,7-8,14-15,17H,4H2,1H3,(H2,11,12,16)/t11-,13-,14-,16-;5-,7-,8-,10-/m11/s1. The number of hydrogen-bond acceptors (Lipinski definition) is 14. The Morgan fingerprint density at radius 2 is 1.42 bits per heavy atom. The fourth-order valence-corrected chi connectivity index (χ4v) is 5.46. The second kappa shape index (κ2) is 11.8. The number of hydrogen-bond donors (Lipinski definition) is 6. The van der Waals surface area contributed by atoms with Crippen LogP contribution in [-0.4, -0.2) is 95.5 Å². The SMILES string of the molecule is C[C@@]1(O)[C@H](O)[C@@H](CO)O[C@H]1n1ccc(N)nc1=O.C[C@@]12OB(c3ccccc3)O[C@@H]1[C@@H](CO)O[C@H]2n1ccc(N)nc1=O. The van der Waals surface area contributed by atoms with Crippen LogP contribution in [0.25, 0.3) is 0 Å². The van der Waals surface area contributed by atoms with Crippen molar-refractivity contribution in [1.82, 2.24) is 19.1 Å². The van der Waals surface area contributed by atoms with Crippen molar-refractivity contribution in [3.63, 3.8) is 0 Å². The molecule has 0 unspecified atom stereocenters. The Kier molecular flexibility index (Phi) is 8.43. The molecule has 8 atom stereocenters. The van der Waals surface area contributed by atoms with Gasteiger partial charge in [0.1, 0.15) is 47.3 Å². The van der Waals surface area contributed by atoms with E-state index in [4.69, 9.17) is 35.4 Å². The minimum atomic E-state index is -1.71. The molecule has 0 spiro atoms. The molecule has 0 aliphatic carbocycles. The van der Waals surface area contributed by atoms with Gasteiger partial charge in [0.25, 0.3) is 0 Å². The van der Waals surface area contributed by atoms with E-state index in [2.05, 4.69) is 9.97 Å². The zero-order valence-corrected chi connectivity index (χ0v) is 23.3. The van der Waals surface area contributed by atoms with E-state index in [0.717, 1.165) is 10.0 Å². The molecule has 3 fully saturated rings. The molecule has 0 bridgehead atoms. The molecular weight excluding hydrogens is 567 g/mol. The second-order valence-corrected chi connectivity index (χ2v) is 10.8. The molecule has 17 heteroatoms. The van der Waals surface area contributed by atoms with Gasteiger partial charge >= 0.3 is 18.5 Å². The number of fused-ring (bicyclic) bond motifs is 1. The maximum absolute atomic E-state index is 12.2. The first-order valence-electron chi connectivity index (χ1n) is 13.4. The predicted molar refractivity (Wildman–Crippen MR) is 151 cm³/mol. The Morgan fingerprint density at radius 1 is 0.884 bits per heavy atom. The van der Waals surface area contributed by atoms with Crippen LogP contribution in [0.2, 0.25) is 0 Å². The highest BCUT2D eigenvalue weighted by Crippen LogP contribution is 2.46. The third-order valence-electron chi connectivity index (χ3n) is 7.72. The number of ether oxygens (including phenoxy) is 2. The minimum absolute atomic E-state index is 0.0492. The number of aliphatic hydroxyl groups is 4. The third kappa shape index (κ3) is 5.57. The molecule has 3 aromatic rings. The van der Waals surface area contributed by atoms with Crippen LogP contribution < -0.4 is 28.3 Å². The lowest BCUT2D eigenvalue weighted by molar-refractivity contribution is -0.0986. The summed E-state index contributed by atoms with van der Waals surface area (Å²) in [5, 5.41) is 38.7. The van der Waals surface area contributed by atoms with Crippen LogP contribution in [0.5, 0.6) is 0 Å². The normalized spacial score (nSPS) is 33.2. The lowest BCUT2D eigenvalue weighted by atomic mass is 9.79. The molecule has 16 nitrogen and oxygen atoms in total. The van der Waals surface area contributed by atoms with E-state index < -0.39 is 73.2 Å². The molecule has 43 heavy (non-hydrogen) atoms. The lowest BCUT2D eigenvalue weighted by Crippen LogP contribution is -2.46. The summed E-state index contributed by atoms with van der Waals surface area (Å²) in [4.78, 5) is 31.1. The highest BCUT2D eigenvalue weighted by molar-refractivity contribution is 6.62. The summed E-state index contributed by atoms with van der Waals surface area (Å²) in [5.74, 6) is 0.179. The van der Waals surface area contributed by atoms with Gasteiger partial charge in [-0.2, -0.15) is 9.97 Å². The summed E-state index contributed by atoms with van der Waals surface area (Å²) in [6, 6.07) is 12.4. The number of aliphatic hydroxyl groups excluding tert-OH is 3. The van der Waals surface area contributed by atoms with Crippen LogP contribution in [0.1, 0.15) is 26.3 Å². The monoisotopic (exact) mass is 600 g/mol. The van der Waals surface area contributed by atoms with Crippen molar-refractivity contribution in [1.29, 1.82) is 0 Å². The largest absolute Gasteiger partial charge is 0.494 e. The van der Waals surface area contributed by atoms with Gasteiger partial charge < -0.3 is 50.7 Å². The summed E-state index contributed by atoms with van der Waals surface area (Å²) in [6.45, 7) is 2.41. The summed E-state index contributed by atoms with van der Waals surface area (Å²) >= 11 is 0. The van der Waals surface area contributed by atoms with Crippen molar-refractivity contribution in [3.8, 4) is 0 Å². The van der Waals surface area contributed by atoms with Gasteiger partial charge in [-0.05, 0) is 31.4 Å². The quantitative estimate of drug-likeness (QED) is 0.161. The molecule has 6 rings (SSSR count). The second-order valence-electron chi connectivity index (χ2n) is 10.8. The van der Waals surface area contributed by atoms with E-state index in [1.54, 1.807) is 0 Å². The maximum Gasteiger partial charge on any atom is 0.494 e. The Labute approximate surface area is 245 Å². The number of benzene rings is 1. The van der Waals surface area contributed by atoms with Crippen LogP contribution in [0.4, 0.5) is 11.6 Å². The summed E-state index contributed by atoms with van der Waals surface area (Å²) in [7, 11) is -0.603. The molecular formula is C26H33BN6O10. The van der Waals surface area contributed by atoms with Crippen LogP contribution >= 0.6 is 0 Å². The fraction of sp³-hybridized carbons (Fsp3) is 0.462. The van der Waals surface area contributed by atoms with Crippen molar-refractivity contribution < 1.29 is 39.2 Å². The number of rotatable bonds is 5. The van der Waals surface area contributed by atoms with Gasteiger partial charge in [-0.15, -0.1) is 0 Å². The van der Waals surface area contributed by atoms with Gasteiger partial charge in [0.2, 0.25) is 0 Å². The Balaban J connectivity index is 0.000000181. The molecule has 3 aliphatic heterocycles. The van der Waals surface area contributed by atoms with Crippen molar-refractivity contribution in [2.75, 3.05) is 24.7 Å². The third-order valence-corrected chi connectivity index (χ3v) is 7.72. The van der Waals surface area contributed by atoms with Gasteiger partial charge in [0, 0.05) is 12.4 Å². The first kappa shape index (κ1) is 30.8. The van der Waals surface area contributed by atoms with Crippen LogP contribution in [-0.2, 0) is 18.8 Å². The number of aromatic nitrogens is 4. The van der Waals surface area contributed by atoms with E-state index >= 15 is 0 Å². The van der Waals surface area contributed by atoms with Crippen LogP contribution in [0, 0.1) is 0 Å². The van der Waals surface area contributed by atoms with Gasteiger partial charge in [0.05, 0.1) is 13.2 Å². The zero-order chi connectivity index (χ0) is 31.1. The molecule has 0 saturated carbocycles. The average molecular weight is 600 g/mol. The molecule has 1 aromatic carbocycles. The molecule has 5 heterocycles. The molecule has 2 aromatic heterocycles. The summed E-state index contributed by atoms with van der Waals surface area (Å²) in [5.41, 5.74) is 7.85. The van der Waals surface area contributed by atoms with Crippen LogP contribution in [0.3, 0.4) is 0 Å². The van der Waals surface area contributed by atoms with Crippen LogP contribution in [0.15, 0.2) is 64.4 Å². The van der Waals surface area contributed by atoms with Gasteiger partial charge in [-0.3, -0.25) is 9.13 Å². The van der Waals surface area contributed by atoms with E-state index in [1.165, 1.54) is 36.0 Å². The van der Waals surface area contributed by atoms with Crippen molar-refractivity contribution in [2.24, 2.45) is 0 Å². The number of nitrogens with zero attached hydrogens (tertiary/aromatic N) is 4. The highest BCUT2D eigenvalue weighted by Gasteiger charge is 2.63. The first-order chi connectivity index (χ1) is 20.4. The minimum Gasteiger partial charge on any atom is -0.398 e.